The first-order valence-electron chi connectivity index (χ1n) is 5.68. The molecule has 1 unspecified atom stereocenters. The molecule has 0 fully saturated rings. The van der Waals surface area contributed by atoms with E-state index in [1.807, 2.05) is 13.0 Å². The van der Waals surface area contributed by atoms with Gasteiger partial charge in [0.15, 0.2) is 17.5 Å². The van der Waals surface area contributed by atoms with Crippen molar-refractivity contribution in [2.75, 3.05) is 0 Å². The van der Waals surface area contributed by atoms with E-state index in [2.05, 4.69) is 4.98 Å². The van der Waals surface area contributed by atoms with Gasteiger partial charge >= 0.3 is 0 Å². The normalized spacial score (nSPS) is 12.5. The van der Waals surface area contributed by atoms with E-state index < -0.39 is 22.8 Å². The lowest BCUT2D eigenvalue weighted by molar-refractivity contribution is 0.445. The van der Waals surface area contributed by atoms with Gasteiger partial charge < -0.3 is 0 Å². The Bertz CT molecular complexity index is 578. The van der Waals surface area contributed by atoms with Gasteiger partial charge in [-0.3, -0.25) is 4.98 Å². The minimum atomic E-state index is -1.48. The molecule has 1 heterocycles. The van der Waals surface area contributed by atoms with E-state index in [4.69, 9.17) is 11.6 Å². The molecule has 0 aliphatic heterocycles. The number of halogens is 4. The fourth-order valence-electron chi connectivity index (χ4n) is 1.78. The smallest absolute Gasteiger partial charge is 0.194 e. The van der Waals surface area contributed by atoms with Gasteiger partial charge in [-0.05, 0) is 36.2 Å². The summed E-state index contributed by atoms with van der Waals surface area (Å²) in [6.07, 6.45) is 1.94. The SMILES string of the molecule is Cc1cccnc1CC(Cl)c1cc(F)c(F)c(F)c1. The highest BCUT2D eigenvalue weighted by atomic mass is 35.5. The Morgan fingerprint density at radius 1 is 1.21 bits per heavy atom. The molecule has 1 nitrogen and oxygen atoms in total. The van der Waals surface area contributed by atoms with E-state index in [9.17, 15) is 13.2 Å². The molecule has 1 aromatic heterocycles. The molecule has 0 amide bonds. The molecule has 0 aliphatic rings. The van der Waals surface area contributed by atoms with Crippen molar-refractivity contribution in [2.45, 2.75) is 18.7 Å². The first-order valence-corrected chi connectivity index (χ1v) is 6.11. The van der Waals surface area contributed by atoms with Crippen molar-refractivity contribution in [1.29, 1.82) is 0 Å². The summed E-state index contributed by atoms with van der Waals surface area (Å²) < 4.78 is 39.1. The first-order chi connectivity index (χ1) is 8.99. The molecule has 1 aromatic carbocycles. The monoisotopic (exact) mass is 285 g/mol. The maximum absolute atomic E-state index is 13.1. The Labute approximate surface area is 114 Å². The Hall–Kier alpha value is -1.55. The second-order valence-electron chi connectivity index (χ2n) is 4.24. The second kappa shape index (κ2) is 5.61. The number of aryl methyl sites for hydroxylation is 1. The van der Waals surface area contributed by atoms with Crippen LogP contribution in [0.4, 0.5) is 13.2 Å². The summed E-state index contributed by atoms with van der Waals surface area (Å²) in [5.41, 5.74) is 1.88. The molecule has 2 rings (SSSR count). The highest BCUT2D eigenvalue weighted by Gasteiger charge is 2.17. The van der Waals surface area contributed by atoms with Crippen molar-refractivity contribution in [3.63, 3.8) is 0 Å². The zero-order chi connectivity index (χ0) is 14.0. The number of alkyl halides is 1. The minimum absolute atomic E-state index is 0.197. The summed E-state index contributed by atoms with van der Waals surface area (Å²) in [7, 11) is 0. The van der Waals surface area contributed by atoms with Gasteiger partial charge in [0.25, 0.3) is 0 Å². The van der Waals surface area contributed by atoms with Gasteiger partial charge in [0.1, 0.15) is 0 Å². The Morgan fingerprint density at radius 2 is 1.84 bits per heavy atom. The summed E-state index contributed by atoms with van der Waals surface area (Å²) in [4.78, 5) is 4.16. The van der Waals surface area contributed by atoms with E-state index in [0.717, 1.165) is 23.4 Å². The largest absolute Gasteiger partial charge is 0.261 e. The van der Waals surface area contributed by atoms with Gasteiger partial charge in [-0.1, -0.05) is 6.07 Å². The number of hydrogen-bond acceptors (Lipinski definition) is 1. The quantitative estimate of drug-likeness (QED) is 0.604. The van der Waals surface area contributed by atoms with Crippen LogP contribution in [0.15, 0.2) is 30.5 Å². The fourth-order valence-corrected chi connectivity index (χ4v) is 2.05. The predicted molar refractivity (Wildman–Crippen MR) is 67.6 cm³/mol. The molecule has 0 saturated heterocycles. The highest BCUT2D eigenvalue weighted by molar-refractivity contribution is 6.20. The lowest BCUT2D eigenvalue weighted by atomic mass is 10.0. The van der Waals surface area contributed by atoms with Crippen molar-refractivity contribution < 1.29 is 13.2 Å². The molecule has 100 valence electrons. The molecule has 19 heavy (non-hydrogen) atoms. The third kappa shape index (κ3) is 3.07. The lowest BCUT2D eigenvalue weighted by Crippen LogP contribution is -2.03. The van der Waals surface area contributed by atoms with Crippen molar-refractivity contribution >= 4 is 11.6 Å². The Balaban J connectivity index is 2.26. The summed E-state index contributed by atoms with van der Waals surface area (Å²) in [6.45, 7) is 1.87. The highest BCUT2D eigenvalue weighted by Crippen LogP contribution is 2.27. The predicted octanol–water partition coefficient (Wildman–Crippen LogP) is 4.33. The number of pyridine rings is 1. The number of nitrogens with zero attached hydrogens (tertiary/aromatic N) is 1. The van der Waals surface area contributed by atoms with Crippen molar-refractivity contribution in [2.24, 2.45) is 0 Å². The van der Waals surface area contributed by atoms with Crippen molar-refractivity contribution in [1.82, 2.24) is 4.98 Å². The molecule has 0 saturated carbocycles. The number of rotatable bonds is 3. The summed E-state index contributed by atoms with van der Waals surface area (Å²) in [5.74, 6) is -3.96. The van der Waals surface area contributed by atoms with Gasteiger partial charge in [-0.15, -0.1) is 11.6 Å². The molecular formula is C14H11ClF3N. The van der Waals surface area contributed by atoms with Crippen LogP contribution >= 0.6 is 11.6 Å². The molecule has 0 aliphatic carbocycles. The molecule has 5 heteroatoms. The lowest BCUT2D eigenvalue weighted by Gasteiger charge is -2.11. The topological polar surface area (TPSA) is 12.9 Å². The molecule has 0 N–H and O–H groups in total. The molecule has 0 spiro atoms. The van der Waals surface area contributed by atoms with Crippen LogP contribution in [0, 0.1) is 24.4 Å². The van der Waals surface area contributed by atoms with Crippen LogP contribution in [0.3, 0.4) is 0 Å². The fraction of sp³-hybridized carbons (Fsp3) is 0.214. The maximum atomic E-state index is 13.1. The number of aromatic nitrogens is 1. The Morgan fingerprint density at radius 3 is 2.42 bits per heavy atom. The summed E-state index contributed by atoms with van der Waals surface area (Å²) >= 11 is 6.11. The van der Waals surface area contributed by atoms with Crippen molar-refractivity contribution in [3.8, 4) is 0 Å². The van der Waals surface area contributed by atoms with Crippen LogP contribution in [0.2, 0.25) is 0 Å². The maximum Gasteiger partial charge on any atom is 0.194 e. The number of benzene rings is 1. The van der Waals surface area contributed by atoms with Crippen LogP contribution < -0.4 is 0 Å². The van der Waals surface area contributed by atoms with Crippen molar-refractivity contribution in [3.05, 3.63) is 64.7 Å². The van der Waals surface area contributed by atoms with Crippen LogP contribution in [0.1, 0.15) is 22.2 Å². The first kappa shape index (κ1) is 13.9. The molecular weight excluding hydrogens is 275 g/mol. The van der Waals surface area contributed by atoms with E-state index >= 15 is 0 Å². The van der Waals surface area contributed by atoms with Crippen LogP contribution in [-0.4, -0.2) is 4.98 Å². The van der Waals surface area contributed by atoms with Crippen LogP contribution in [0.25, 0.3) is 0 Å². The number of hydrogen-bond donors (Lipinski definition) is 0. The van der Waals surface area contributed by atoms with Gasteiger partial charge in [-0.2, -0.15) is 0 Å². The minimum Gasteiger partial charge on any atom is -0.261 e. The standard InChI is InChI=1S/C14H11ClF3N/c1-8-3-2-4-19-13(8)7-10(15)9-5-11(16)14(18)12(17)6-9/h2-6,10H,7H2,1H3. The second-order valence-corrected chi connectivity index (χ2v) is 4.76. The zero-order valence-electron chi connectivity index (χ0n) is 10.1. The molecule has 2 aromatic rings. The average molecular weight is 286 g/mol. The molecule has 1 atom stereocenters. The molecule has 0 radical (unpaired) electrons. The third-order valence-electron chi connectivity index (χ3n) is 2.86. The summed E-state index contributed by atoms with van der Waals surface area (Å²) in [6, 6.07) is 5.49. The van der Waals surface area contributed by atoms with Gasteiger partial charge in [-0.25, -0.2) is 13.2 Å². The van der Waals surface area contributed by atoms with E-state index in [0.29, 0.717) is 6.42 Å². The van der Waals surface area contributed by atoms with E-state index in [1.165, 1.54) is 0 Å². The van der Waals surface area contributed by atoms with E-state index in [-0.39, 0.29) is 5.56 Å². The van der Waals surface area contributed by atoms with Gasteiger partial charge in [0.2, 0.25) is 0 Å². The van der Waals surface area contributed by atoms with Crippen LogP contribution in [-0.2, 0) is 6.42 Å². The third-order valence-corrected chi connectivity index (χ3v) is 3.26. The Kier molecular flexibility index (Phi) is 4.10. The molecule has 0 bridgehead atoms. The van der Waals surface area contributed by atoms with Crippen LogP contribution in [0.5, 0.6) is 0 Å². The van der Waals surface area contributed by atoms with Gasteiger partial charge in [0.05, 0.1) is 5.38 Å². The zero-order valence-corrected chi connectivity index (χ0v) is 10.9. The summed E-state index contributed by atoms with van der Waals surface area (Å²) in [5, 5.41) is -0.668. The van der Waals surface area contributed by atoms with Gasteiger partial charge in [0, 0.05) is 18.3 Å². The van der Waals surface area contributed by atoms with E-state index in [1.54, 1.807) is 12.3 Å². The average Bonchev–Trinajstić information content (AvgIpc) is 2.38.